The number of allylic oxidation sites excluding steroid dienone is 1. The molecule has 0 spiro atoms. The van der Waals surface area contributed by atoms with Crippen LogP contribution in [0.25, 0.3) is 0 Å². The molecular formula is C18H30O5. The monoisotopic (exact) mass is 326 g/mol. The summed E-state index contributed by atoms with van der Waals surface area (Å²) in [5, 5.41) is 0. The van der Waals surface area contributed by atoms with E-state index in [1.54, 1.807) is 6.92 Å². The van der Waals surface area contributed by atoms with Crippen molar-refractivity contribution in [1.82, 2.24) is 0 Å². The summed E-state index contributed by atoms with van der Waals surface area (Å²) in [4.78, 5) is 23.3. The van der Waals surface area contributed by atoms with Crippen LogP contribution >= 0.6 is 0 Å². The molecule has 23 heavy (non-hydrogen) atoms. The molecule has 0 heterocycles. The maximum Gasteiger partial charge on any atom is 0.333 e. The summed E-state index contributed by atoms with van der Waals surface area (Å²) in [5.74, 6) is -0.977. The van der Waals surface area contributed by atoms with Crippen molar-refractivity contribution in [3.63, 3.8) is 0 Å². The molecule has 0 amide bonds. The summed E-state index contributed by atoms with van der Waals surface area (Å²) in [6.45, 7) is 15.9. The molecule has 0 fully saturated rings. The van der Waals surface area contributed by atoms with Crippen molar-refractivity contribution in [3.8, 4) is 0 Å². The summed E-state index contributed by atoms with van der Waals surface area (Å²) in [5.41, 5.74) is 1.23. The first-order chi connectivity index (χ1) is 10.6. The summed E-state index contributed by atoms with van der Waals surface area (Å²) in [6.07, 6.45) is 1.93. The van der Waals surface area contributed by atoms with Crippen molar-refractivity contribution in [2.24, 2.45) is 11.3 Å². The van der Waals surface area contributed by atoms with E-state index in [1.807, 2.05) is 40.7 Å². The molecule has 0 rings (SSSR count). The van der Waals surface area contributed by atoms with E-state index in [2.05, 4.69) is 6.58 Å². The fraction of sp³-hybridized carbons (Fsp3) is 0.667. The summed E-state index contributed by atoms with van der Waals surface area (Å²) in [6, 6.07) is 0. The Bertz CT molecular complexity index is 439. The van der Waals surface area contributed by atoms with Crippen LogP contribution < -0.4 is 0 Å². The molecule has 0 saturated carbocycles. The fourth-order valence-electron chi connectivity index (χ4n) is 1.71. The van der Waals surface area contributed by atoms with E-state index in [0.717, 1.165) is 5.57 Å². The Kier molecular flexibility index (Phi) is 9.49. The molecule has 0 aliphatic rings. The molecule has 1 atom stereocenters. The van der Waals surface area contributed by atoms with Gasteiger partial charge >= 0.3 is 11.9 Å². The number of carbonyl (C=O) groups is 2. The lowest BCUT2D eigenvalue weighted by molar-refractivity contribution is -0.151. The molecule has 0 saturated heterocycles. The minimum absolute atomic E-state index is 0.155. The van der Waals surface area contributed by atoms with Gasteiger partial charge in [-0.05, 0) is 26.2 Å². The zero-order valence-corrected chi connectivity index (χ0v) is 15.2. The summed E-state index contributed by atoms with van der Waals surface area (Å²) < 4.78 is 15.4. The van der Waals surface area contributed by atoms with Crippen LogP contribution in [0.4, 0.5) is 0 Å². The third-order valence-electron chi connectivity index (χ3n) is 2.97. The number of rotatable bonds is 9. The van der Waals surface area contributed by atoms with Gasteiger partial charge in [-0.15, -0.1) is 0 Å². The van der Waals surface area contributed by atoms with Crippen LogP contribution in [0.5, 0.6) is 0 Å². The minimum atomic E-state index is -0.435. The van der Waals surface area contributed by atoms with Crippen molar-refractivity contribution >= 4 is 11.9 Å². The van der Waals surface area contributed by atoms with E-state index in [0.29, 0.717) is 5.57 Å². The second-order valence-electron chi connectivity index (χ2n) is 6.78. The number of hydrogen-bond donors (Lipinski definition) is 0. The first kappa shape index (κ1) is 21.4. The van der Waals surface area contributed by atoms with Crippen LogP contribution in [0, 0.1) is 11.3 Å². The van der Waals surface area contributed by atoms with Gasteiger partial charge in [0.2, 0.25) is 0 Å². The molecule has 5 heteroatoms. The van der Waals surface area contributed by atoms with E-state index in [4.69, 9.17) is 14.2 Å². The van der Waals surface area contributed by atoms with Crippen molar-refractivity contribution in [3.05, 3.63) is 23.8 Å². The van der Waals surface area contributed by atoms with E-state index in [1.165, 1.54) is 0 Å². The number of ether oxygens (including phenoxy) is 3. The average molecular weight is 326 g/mol. The Balaban J connectivity index is 4.03. The lowest BCUT2D eigenvalue weighted by atomic mass is 9.80. The predicted molar refractivity (Wildman–Crippen MR) is 89.9 cm³/mol. The molecule has 0 aromatic heterocycles. The second-order valence-corrected chi connectivity index (χ2v) is 6.78. The van der Waals surface area contributed by atoms with E-state index in [9.17, 15) is 9.59 Å². The van der Waals surface area contributed by atoms with E-state index < -0.39 is 5.97 Å². The van der Waals surface area contributed by atoms with Crippen molar-refractivity contribution in [1.29, 1.82) is 0 Å². The smallest absolute Gasteiger partial charge is 0.333 e. The van der Waals surface area contributed by atoms with Crippen LogP contribution in [-0.4, -0.2) is 38.4 Å². The first-order valence-electron chi connectivity index (χ1n) is 7.77. The van der Waals surface area contributed by atoms with Gasteiger partial charge in [0.15, 0.2) is 0 Å². The van der Waals surface area contributed by atoms with Gasteiger partial charge in [-0.2, -0.15) is 0 Å². The highest BCUT2D eigenvalue weighted by Gasteiger charge is 2.30. The van der Waals surface area contributed by atoms with Crippen LogP contribution in [-0.2, 0) is 23.8 Å². The molecule has 5 nitrogen and oxygen atoms in total. The molecule has 0 radical (unpaired) electrons. The van der Waals surface area contributed by atoms with Gasteiger partial charge in [-0.25, -0.2) is 4.79 Å². The van der Waals surface area contributed by atoms with Gasteiger partial charge in [0, 0.05) is 5.57 Å². The van der Waals surface area contributed by atoms with Crippen LogP contribution in [0.1, 0.15) is 41.5 Å². The number of hydrogen-bond acceptors (Lipinski definition) is 5. The molecule has 0 aliphatic carbocycles. The van der Waals surface area contributed by atoms with Gasteiger partial charge in [0.05, 0.1) is 19.1 Å². The van der Waals surface area contributed by atoms with Gasteiger partial charge in [-0.1, -0.05) is 39.0 Å². The topological polar surface area (TPSA) is 61.8 Å². The Morgan fingerprint density at radius 1 is 1.00 bits per heavy atom. The Hall–Kier alpha value is -1.62. The molecular weight excluding hydrogens is 296 g/mol. The quantitative estimate of drug-likeness (QED) is 0.281. The highest BCUT2D eigenvalue weighted by atomic mass is 16.6. The fourth-order valence-corrected chi connectivity index (χ4v) is 1.71. The van der Waals surface area contributed by atoms with Gasteiger partial charge in [0.25, 0.3) is 0 Å². The Morgan fingerprint density at radius 2 is 1.52 bits per heavy atom. The zero-order chi connectivity index (χ0) is 18.0. The lowest BCUT2D eigenvalue weighted by Crippen LogP contribution is -2.29. The van der Waals surface area contributed by atoms with Gasteiger partial charge in [0.1, 0.15) is 13.2 Å². The van der Waals surface area contributed by atoms with E-state index >= 15 is 0 Å². The van der Waals surface area contributed by atoms with Crippen molar-refractivity contribution in [2.75, 3.05) is 26.4 Å². The maximum absolute atomic E-state index is 12.2. The van der Waals surface area contributed by atoms with Crippen LogP contribution in [0.3, 0.4) is 0 Å². The highest BCUT2D eigenvalue weighted by molar-refractivity contribution is 5.86. The molecule has 0 aromatic carbocycles. The minimum Gasteiger partial charge on any atom is -0.463 e. The number of carbonyl (C=O) groups excluding carboxylic acids is 2. The standard InChI is InChI=1S/C18H30O5/c1-13(2)12-15(18(5,6)7)17(20)23-11-9-21-8-10-22-16(19)14(3)4/h12,15H,3,8-11H2,1-2,4-7H3. The molecule has 1 unspecified atom stereocenters. The molecule has 0 N–H and O–H groups in total. The van der Waals surface area contributed by atoms with Crippen molar-refractivity contribution in [2.45, 2.75) is 41.5 Å². The third-order valence-corrected chi connectivity index (χ3v) is 2.97. The highest BCUT2D eigenvalue weighted by Crippen LogP contribution is 2.29. The maximum atomic E-state index is 12.2. The molecule has 0 bridgehead atoms. The predicted octanol–water partition coefficient (Wildman–Crippen LogP) is 3.29. The Labute approximate surface area is 139 Å². The molecule has 132 valence electrons. The number of esters is 2. The normalized spacial score (nSPS) is 12.3. The second kappa shape index (κ2) is 10.2. The lowest BCUT2D eigenvalue weighted by Gasteiger charge is -2.26. The van der Waals surface area contributed by atoms with Crippen LogP contribution in [0.15, 0.2) is 23.8 Å². The summed E-state index contributed by atoms with van der Waals surface area (Å²) in [7, 11) is 0. The SMILES string of the molecule is C=C(C)C(=O)OCCOCCOC(=O)C(C=C(C)C)C(C)(C)C. The largest absolute Gasteiger partial charge is 0.463 e. The van der Waals surface area contributed by atoms with Gasteiger partial charge in [-0.3, -0.25) is 4.79 Å². The van der Waals surface area contributed by atoms with Crippen molar-refractivity contribution < 1.29 is 23.8 Å². The molecule has 0 aromatic rings. The van der Waals surface area contributed by atoms with E-state index in [-0.39, 0.29) is 43.7 Å². The Morgan fingerprint density at radius 3 is 1.96 bits per heavy atom. The summed E-state index contributed by atoms with van der Waals surface area (Å²) >= 11 is 0. The average Bonchev–Trinajstić information content (AvgIpc) is 2.41. The first-order valence-corrected chi connectivity index (χ1v) is 7.77. The molecule has 0 aliphatic heterocycles. The third kappa shape index (κ3) is 9.89. The van der Waals surface area contributed by atoms with Crippen LogP contribution in [0.2, 0.25) is 0 Å². The zero-order valence-electron chi connectivity index (χ0n) is 15.2. The van der Waals surface area contributed by atoms with Gasteiger partial charge < -0.3 is 14.2 Å².